The van der Waals surface area contributed by atoms with E-state index in [1.54, 1.807) is 6.07 Å². The van der Waals surface area contributed by atoms with Crippen LogP contribution in [0.1, 0.15) is 16.8 Å². The van der Waals surface area contributed by atoms with Crippen molar-refractivity contribution in [2.75, 3.05) is 6.61 Å². The van der Waals surface area contributed by atoms with Gasteiger partial charge in [0.25, 0.3) is 5.91 Å². The van der Waals surface area contributed by atoms with Crippen molar-refractivity contribution in [2.45, 2.75) is 12.5 Å². The highest BCUT2D eigenvalue weighted by Gasteiger charge is 2.28. The van der Waals surface area contributed by atoms with E-state index in [1.165, 1.54) is 24.3 Å². The normalized spacial score (nSPS) is 16.7. The van der Waals surface area contributed by atoms with Crippen LogP contribution in [-0.4, -0.2) is 34.7 Å². The largest absolute Gasteiger partial charge is 0.464 e. The lowest BCUT2D eigenvalue weighted by molar-refractivity contribution is -0.139. The van der Waals surface area contributed by atoms with Gasteiger partial charge in [-0.1, -0.05) is 12.1 Å². The van der Waals surface area contributed by atoms with Gasteiger partial charge in [-0.2, -0.15) is 5.10 Å². The molecule has 0 spiro atoms. The Kier molecular flexibility index (Phi) is 3.87. The number of carbonyl (C=O) groups is 2. The summed E-state index contributed by atoms with van der Waals surface area (Å²) in [6.07, 6.45) is 0.371. The van der Waals surface area contributed by atoms with E-state index in [0.717, 1.165) is 6.07 Å². The summed E-state index contributed by atoms with van der Waals surface area (Å²) in [5.41, 5.74) is 0.951. The van der Waals surface area contributed by atoms with Crippen molar-refractivity contribution in [2.24, 2.45) is 0 Å². The number of carbonyl (C=O) groups excluding carboxylic acids is 2. The van der Waals surface area contributed by atoms with Crippen LogP contribution in [0.15, 0.2) is 36.4 Å². The van der Waals surface area contributed by atoms with Crippen LogP contribution in [0.25, 0.3) is 22.2 Å². The van der Waals surface area contributed by atoms with Crippen molar-refractivity contribution >= 4 is 22.8 Å². The molecule has 1 fully saturated rings. The molecular formula is C18H13F2N3O3. The van der Waals surface area contributed by atoms with Crippen LogP contribution in [0, 0.1) is 11.6 Å². The number of aromatic amines is 1. The fourth-order valence-electron chi connectivity index (χ4n) is 2.94. The first-order valence-electron chi connectivity index (χ1n) is 7.94. The van der Waals surface area contributed by atoms with Crippen LogP contribution >= 0.6 is 0 Å². The van der Waals surface area contributed by atoms with Gasteiger partial charge in [-0.3, -0.25) is 9.89 Å². The molecule has 0 saturated carbocycles. The van der Waals surface area contributed by atoms with E-state index in [4.69, 9.17) is 4.74 Å². The molecule has 2 aromatic carbocycles. The smallest absolute Gasteiger partial charge is 0.328 e. The van der Waals surface area contributed by atoms with Gasteiger partial charge in [0, 0.05) is 22.9 Å². The van der Waals surface area contributed by atoms with Gasteiger partial charge < -0.3 is 10.1 Å². The number of esters is 1. The molecule has 4 rings (SSSR count). The molecule has 0 bridgehead atoms. The van der Waals surface area contributed by atoms with Gasteiger partial charge in [0.2, 0.25) is 0 Å². The monoisotopic (exact) mass is 357 g/mol. The molecular weight excluding hydrogens is 344 g/mol. The lowest BCUT2D eigenvalue weighted by Crippen LogP contribution is -2.37. The first-order chi connectivity index (χ1) is 12.5. The Morgan fingerprint density at radius 1 is 1.27 bits per heavy atom. The minimum absolute atomic E-state index is 0.0359. The number of rotatable bonds is 3. The van der Waals surface area contributed by atoms with Crippen LogP contribution in [0.3, 0.4) is 0 Å². The number of ether oxygens (including phenoxy) is 1. The highest BCUT2D eigenvalue weighted by molar-refractivity contribution is 6.02. The predicted octanol–water partition coefficient (Wildman–Crippen LogP) is 2.55. The molecule has 2 N–H and O–H groups in total. The molecule has 1 aromatic heterocycles. The topological polar surface area (TPSA) is 84.1 Å². The van der Waals surface area contributed by atoms with Gasteiger partial charge in [0.05, 0.1) is 12.3 Å². The predicted molar refractivity (Wildman–Crippen MR) is 88.3 cm³/mol. The zero-order chi connectivity index (χ0) is 18.3. The summed E-state index contributed by atoms with van der Waals surface area (Å²) in [6.45, 7) is 0.239. The summed E-state index contributed by atoms with van der Waals surface area (Å²) in [6, 6.07) is 7.51. The van der Waals surface area contributed by atoms with E-state index in [2.05, 4.69) is 15.5 Å². The van der Waals surface area contributed by atoms with Crippen molar-refractivity contribution in [3.05, 3.63) is 53.6 Å². The fourth-order valence-corrected chi connectivity index (χ4v) is 2.94. The Morgan fingerprint density at radius 2 is 2.12 bits per heavy atom. The molecule has 1 aliphatic rings. The molecule has 3 aromatic rings. The van der Waals surface area contributed by atoms with Crippen molar-refractivity contribution in [3.8, 4) is 11.3 Å². The van der Waals surface area contributed by atoms with E-state index in [-0.39, 0.29) is 17.7 Å². The van der Waals surface area contributed by atoms with Gasteiger partial charge in [-0.05, 0) is 24.3 Å². The molecule has 6 nitrogen and oxygen atoms in total. The van der Waals surface area contributed by atoms with Gasteiger partial charge in [0.1, 0.15) is 17.4 Å². The number of amides is 1. The number of aromatic nitrogens is 2. The molecule has 132 valence electrons. The summed E-state index contributed by atoms with van der Waals surface area (Å²) in [5, 5.41) is 9.46. The number of nitrogens with one attached hydrogen (secondary N) is 2. The van der Waals surface area contributed by atoms with Gasteiger partial charge >= 0.3 is 5.97 Å². The molecule has 1 amide bonds. The number of halogens is 2. The van der Waals surface area contributed by atoms with Crippen LogP contribution in [0.5, 0.6) is 0 Å². The molecule has 1 atom stereocenters. The molecule has 26 heavy (non-hydrogen) atoms. The van der Waals surface area contributed by atoms with E-state index in [0.29, 0.717) is 23.1 Å². The van der Waals surface area contributed by atoms with E-state index in [9.17, 15) is 18.4 Å². The SMILES string of the molecule is O=C(N[C@@H]1CCOC1=O)c1cc(F)c2n[nH]c(-c3cccc(F)c3)c2c1. The van der Waals surface area contributed by atoms with Gasteiger partial charge in [0.15, 0.2) is 5.82 Å². The quantitative estimate of drug-likeness (QED) is 0.706. The summed E-state index contributed by atoms with van der Waals surface area (Å²) in [4.78, 5) is 23.9. The minimum Gasteiger partial charge on any atom is -0.464 e. The summed E-state index contributed by atoms with van der Waals surface area (Å²) in [5.74, 6) is -2.25. The highest BCUT2D eigenvalue weighted by Crippen LogP contribution is 2.29. The molecule has 0 aliphatic carbocycles. The third-order valence-corrected chi connectivity index (χ3v) is 4.23. The number of cyclic esters (lactones) is 1. The Hall–Kier alpha value is -3.29. The first kappa shape index (κ1) is 16.2. The zero-order valence-electron chi connectivity index (χ0n) is 13.4. The maximum atomic E-state index is 14.4. The van der Waals surface area contributed by atoms with Gasteiger partial charge in [-0.15, -0.1) is 0 Å². The molecule has 0 radical (unpaired) electrons. The summed E-state index contributed by atoms with van der Waals surface area (Å²) in [7, 11) is 0. The maximum Gasteiger partial charge on any atom is 0.328 e. The Bertz CT molecular complexity index is 1030. The third-order valence-electron chi connectivity index (χ3n) is 4.23. The van der Waals surface area contributed by atoms with E-state index < -0.39 is 29.6 Å². The second-order valence-corrected chi connectivity index (χ2v) is 5.95. The molecule has 2 heterocycles. The number of nitrogens with zero attached hydrogens (tertiary/aromatic N) is 1. The third kappa shape index (κ3) is 2.79. The van der Waals surface area contributed by atoms with E-state index in [1.807, 2.05) is 0 Å². The Balaban J connectivity index is 1.74. The van der Waals surface area contributed by atoms with Crippen LogP contribution in [-0.2, 0) is 9.53 Å². The van der Waals surface area contributed by atoms with Crippen LogP contribution < -0.4 is 5.32 Å². The number of hydrogen-bond acceptors (Lipinski definition) is 4. The number of hydrogen-bond donors (Lipinski definition) is 2. The zero-order valence-corrected chi connectivity index (χ0v) is 13.4. The second kappa shape index (κ2) is 6.21. The Labute approximate surface area is 146 Å². The maximum absolute atomic E-state index is 14.4. The van der Waals surface area contributed by atoms with Crippen molar-refractivity contribution in [3.63, 3.8) is 0 Å². The van der Waals surface area contributed by atoms with Crippen molar-refractivity contribution < 1.29 is 23.1 Å². The summed E-state index contributed by atoms with van der Waals surface area (Å²) >= 11 is 0. The average molecular weight is 357 g/mol. The lowest BCUT2D eigenvalue weighted by atomic mass is 10.0. The molecule has 1 saturated heterocycles. The summed E-state index contributed by atoms with van der Waals surface area (Å²) < 4.78 is 32.7. The van der Waals surface area contributed by atoms with Gasteiger partial charge in [-0.25, -0.2) is 13.6 Å². The van der Waals surface area contributed by atoms with Crippen molar-refractivity contribution in [1.82, 2.24) is 15.5 Å². The van der Waals surface area contributed by atoms with Crippen LogP contribution in [0.4, 0.5) is 8.78 Å². The lowest BCUT2D eigenvalue weighted by Gasteiger charge is -2.09. The number of fused-ring (bicyclic) bond motifs is 1. The molecule has 0 unspecified atom stereocenters. The highest BCUT2D eigenvalue weighted by atomic mass is 19.1. The fraction of sp³-hybridized carbons (Fsp3) is 0.167. The van der Waals surface area contributed by atoms with Crippen LogP contribution in [0.2, 0.25) is 0 Å². The first-order valence-corrected chi connectivity index (χ1v) is 7.94. The molecule has 1 aliphatic heterocycles. The molecule has 8 heteroatoms. The minimum atomic E-state index is -0.742. The Morgan fingerprint density at radius 3 is 2.85 bits per heavy atom. The number of benzene rings is 2. The van der Waals surface area contributed by atoms with Crippen molar-refractivity contribution in [1.29, 1.82) is 0 Å². The standard InChI is InChI=1S/C18H13F2N3O3/c19-11-3-1-2-9(6-11)15-12-7-10(8-13(20)16(12)23-22-15)17(24)21-14-4-5-26-18(14)25/h1-3,6-8,14H,4-5H2,(H,21,24)(H,22,23)/t14-/m1/s1. The van der Waals surface area contributed by atoms with E-state index >= 15 is 0 Å². The number of H-pyrrole nitrogens is 1. The average Bonchev–Trinajstić information content (AvgIpc) is 3.21. The second-order valence-electron chi connectivity index (χ2n) is 5.95.